The van der Waals surface area contributed by atoms with Gasteiger partial charge in [-0.25, -0.2) is 0 Å². The number of nitrogens with one attached hydrogen (secondary N) is 2. The van der Waals surface area contributed by atoms with Gasteiger partial charge in [-0.2, -0.15) is 0 Å². The maximum absolute atomic E-state index is 11.7. The first-order valence-corrected chi connectivity index (χ1v) is 7.10. The van der Waals surface area contributed by atoms with Gasteiger partial charge in [0.1, 0.15) is 18.0 Å². The third-order valence-corrected chi connectivity index (χ3v) is 2.84. The number of amides is 2. The summed E-state index contributed by atoms with van der Waals surface area (Å²) in [5, 5.41) is 8.60. The third-order valence-electron chi connectivity index (χ3n) is 2.61. The minimum absolute atomic E-state index is 0.0643. The van der Waals surface area contributed by atoms with E-state index in [1.165, 1.54) is 24.4 Å². The summed E-state index contributed by atoms with van der Waals surface area (Å²) in [4.78, 5) is 38.6. The molecule has 24 heavy (non-hydrogen) atoms. The average Bonchev–Trinajstić information content (AvgIpc) is 2.95. The fourth-order valence-corrected chi connectivity index (χ4v) is 1.73. The van der Waals surface area contributed by atoms with Crippen LogP contribution in [0.15, 0.2) is 28.9 Å². The number of carbonyl (C=O) groups excluding carboxylic acids is 3. The molecule has 10 heteroatoms. The second-order valence-corrected chi connectivity index (χ2v) is 5.01. The molecule has 0 aliphatic rings. The standard InChI is InChI=1S/C14H13ClN4O5/c1-8-4-11(19-24-8)18-12(20)7-23-13(21)6-17-14(22)10-5-9(15)2-3-16-10/h2-5H,6-7H2,1H3,(H,17,22)(H,18,19,20). The van der Waals surface area contributed by atoms with Crippen molar-refractivity contribution in [1.29, 1.82) is 0 Å². The van der Waals surface area contributed by atoms with Crippen molar-refractivity contribution in [2.45, 2.75) is 6.92 Å². The van der Waals surface area contributed by atoms with E-state index < -0.39 is 30.9 Å². The van der Waals surface area contributed by atoms with Gasteiger partial charge in [-0.3, -0.25) is 19.4 Å². The Morgan fingerprint density at radius 2 is 2.12 bits per heavy atom. The van der Waals surface area contributed by atoms with Crippen LogP contribution in [-0.4, -0.2) is 41.1 Å². The summed E-state index contributed by atoms with van der Waals surface area (Å²) in [6, 6.07) is 4.38. The molecule has 2 aromatic heterocycles. The van der Waals surface area contributed by atoms with E-state index >= 15 is 0 Å². The molecule has 0 saturated carbocycles. The van der Waals surface area contributed by atoms with Crippen molar-refractivity contribution in [1.82, 2.24) is 15.5 Å². The Kier molecular flexibility index (Phi) is 5.85. The largest absolute Gasteiger partial charge is 0.454 e. The molecular weight excluding hydrogens is 340 g/mol. The molecule has 0 aromatic carbocycles. The lowest BCUT2D eigenvalue weighted by Crippen LogP contribution is -2.32. The molecule has 2 heterocycles. The number of ether oxygens (including phenoxy) is 1. The van der Waals surface area contributed by atoms with Crippen molar-refractivity contribution in [3.8, 4) is 0 Å². The number of hydrogen-bond acceptors (Lipinski definition) is 7. The zero-order valence-corrected chi connectivity index (χ0v) is 13.3. The van der Waals surface area contributed by atoms with Gasteiger partial charge in [-0.1, -0.05) is 16.8 Å². The first-order valence-electron chi connectivity index (χ1n) is 6.72. The highest BCUT2D eigenvalue weighted by molar-refractivity contribution is 6.30. The first kappa shape index (κ1) is 17.4. The summed E-state index contributed by atoms with van der Waals surface area (Å²) in [6.45, 7) is 0.736. The fraction of sp³-hybridized carbons (Fsp3) is 0.214. The Bertz CT molecular complexity index is 761. The highest BCUT2D eigenvalue weighted by Gasteiger charge is 2.12. The Morgan fingerprint density at radius 1 is 1.33 bits per heavy atom. The number of pyridine rings is 1. The predicted octanol–water partition coefficient (Wildman–Crippen LogP) is 0.943. The van der Waals surface area contributed by atoms with E-state index in [4.69, 9.17) is 20.9 Å². The van der Waals surface area contributed by atoms with Crippen LogP contribution in [0.2, 0.25) is 5.02 Å². The van der Waals surface area contributed by atoms with Crippen molar-refractivity contribution in [2.75, 3.05) is 18.5 Å². The number of carbonyl (C=O) groups is 3. The van der Waals surface area contributed by atoms with E-state index in [0.717, 1.165) is 0 Å². The van der Waals surface area contributed by atoms with Gasteiger partial charge in [-0.15, -0.1) is 0 Å². The number of rotatable bonds is 6. The van der Waals surface area contributed by atoms with E-state index in [1.807, 2.05) is 0 Å². The lowest BCUT2D eigenvalue weighted by molar-refractivity contribution is -0.146. The summed E-state index contributed by atoms with van der Waals surface area (Å²) in [6.07, 6.45) is 1.37. The minimum Gasteiger partial charge on any atom is -0.454 e. The summed E-state index contributed by atoms with van der Waals surface area (Å²) in [5.41, 5.74) is 0.0643. The molecule has 2 N–H and O–H groups in total. The number of aryl methyl sites for hydroxylation is 1. The molecule has 2 aromatic rings. The second-order valence-electron chi connectivity index (χ2n) is 4.57. The van der Waals surface area contributed by atoms with Crippen LogP contribution in [-0.2, 0) is 14.3 Å². The van der Waals surface area contributed by atoms with Gasteiger partial charge >= 0.3 is 5.97 Å². The summed E-state index contributed by atoms with van der Waals surface area (Å²) < 4.78 is 9.49. The Labute approximate surface area is 141 Å². The summed E-state index contributed by atoms with van der Waals surface area (Å²) >= 11 is 5.74. The van der Waals surface area contributed by atoms with Gasteiger partial charge in [-0.05, 0) is 19.1 Å². The van der Waals surface area contributed by atoms with Crippen LogP contribution in [0.3, 0.4) is 0 Å². The Balaban J connectivity index is 1.71. The van der Waals surface area contributed by atoms with Crippen LogP contribution in [0.5, 0.6) is 0 Å². The molecule has 2 amide bonds. The van der Waals surface area contributed by atoms with Gasteiger partial charge < -0.3 is 19.9 Å². The quantitative estimate of drug-likeness (QED) is 0.741. The van der Waals surface area contributed by atoms with Crippen molar-refractivity contribution < 1.29 is 23.6 Å². The van der Waals surface area contributed by atoms with Crippen LogP contribution in [0, 0.1) is 6.92 Å². The molecular formula is C14H13ClN4O5. The highest BCUT2D eigenvalue weighted by atomic mass is 35.5. The van der Waals surface area contributed by atoms with E-state index in [-0.39, 0.29) is 11.5 Å². The number of aromatic nitrogens is 2. The Hall–Kier alpha value is -2.94. The molecule has 0 unspecified atom stereocenters. The lowest BCUT2D eigenvalue weighted by atomic mass is 10.3. The van der Waals surface area contributed by atoms with Crippen LogP contribution in [0.25, 0.3) is 0 Å². The molecule has 0 saturated heterocycles. The molecule has 0 atom stereocenters. The van der Waals surface area contributed by atoms with Gasteiger partial charge in [0, 0.05) is 17.3 Å². The van der Waals surface area contributed by atoms with Gasteiger partial charge in [0.25, 0.3) is 11.8 Å². The molecule has 0 fully saturated rings. The van der Waals surface area contributed by atoms with Crippen molar-refractivity contribution in [2.24, 2.45) is 0 Å². The highest BCUT2D eigenvalue weighted by Crippen LogP contribution is 2.08. The van der Waals surface area contributed by atoms with Gasteiger partial charge in [0.05, 0.1) is 0 Å². The second kappa shape index (κ2) is 8.06. The minimum atomic E-state index is -0.781. The zero-order valence-electron chi connectivity index (χ0n) is 12.5. The van der Waals surface area contributed by atoms with E-state index in [2.05, 4.69) is 20.8 Å². The fourth-order valence-electron chi connectivity index (χ4n) is 1.57. The zero-order chi connectivity index (χ0) is 17.5. The van der Waals surface area contributed by atoms with Gasteiger partial charge in [0.15, 0.2) is 12.4 Å². The first-order chi connectivity index (χ1) is 11.4. The number of esters is 1. The summed E-state index contributed by atoms with van der Waals surface area (Å²) in [5.74, 6) is -1.21. The summed E-state index contributed by atoms with van der Waals surface area (Å²) in [7, 11) is 0. The number of anilines is 1. The average molecular weight is 353 g/mol. The molecule has 2 rings (SSSR count). The van der Waals surface area contributed by atoms with Crippen molar-refractivity contribution in [3.63, 3.8) is 0 Å². The smallest absolute Gasteiger partial charge is 0.325 e. The number of nitrogens with zero attached hydrogens (tertiary/aromatic N) is 2. The van der Waals surface area contributed by atoms with Crippen molar-refractivity contribution >= 4 is 35.2 Å². The van der Waals surface area contributed by atoms with Crippen molar-refractivity contribution in [3.05, 3.63) is 40.9 Å². The van der Waals surface area contributed by atoms with E-state index in [9.17, 15) is 14.4 Å². The molecule has 0 aliphatic carbocycles. The predicted molar refractivity (Wildman–Crippen MR) is 82.4 cm³/mol. The van der Waals surface area contributed by atoms with Crippen LogP contribution < -0.4 is 10.6 Å². The monoisotopic (exact) mass is 352 g/mol. The topological polar surface area (TPSA) is 123 Å². The molecule has 126 valence electrons. The molecule has 9 nitrogen and oxygen atoms in total. The Morgan fingerprint density at radius 3 is 2.79 bits per heavy atom. The van der Waals surface area contributed by atoms with E-state index in [1.54, 1.807) is 6.92 Å². The maximum atomic E-state index is 11.7. The maximum Gasteiger partial charge on any atom is 0.325 e. The molecule has 0 radical (unpaired) electrons. The van der Waals surface area contributed by atoms with E-state index in [0.29, 0.717) is 10.8 Å². The normalized spacial score (nSPS) is 10.1. The number of hydrogen-bond donors (Lipinski definition) is 2. The molecule has 0 bridgehead atoms. The van der Waals surface area contributed by atoms with Crippen LogP contribution >= 0.6 is 11.6 Å². The SMILES string of the molecule is Cc1cc(NC(=O)COC(=O)CNC(=O)c2cc(Cl)ccn2)no1. The third kappa shape index (κ3) is 5.36. The van der Waals surface area contributed by atoms with Crippen LogP contribution in [0.4, 0.5) is 5.82 Å². The van der Waals surface area contributed by atoms with Crippen LogP contribution in [0.1, 0.15) is 16.2 Å². The van der Waals surface area contributed by atoms with Gasteiger partial charge in [0.2, 0.25) is 0 Å². The molecule has 0 aliphatic heterocycles. The lowest BCUT2D eigenvalue weighted by Gasteiger charge is -2.06. The molecule has 0 spiro atoms. The number of halogens is 1.